The zero-order chi connectivity index (χ0) is 18.5. The van der Waals surface area contributed by atoms with E-state index in [4.69, 9.17) is 4.98 Å². The number of likely N-dealkylation sites (tertiary alicyclic amines) is 1. The Balaban J connectivity index is 1.56. The highest BCUT2D eigenvalue weighted by atomic mass is 15.2. The number of benzene rings is 1. The van der Waals surface area contributed by atoms with Gasteiger partial charge in [0.05, 0.1) is 22.8 Å². The van der Waals surface area contributed by atoms with Gasteiger partial charge in [-0.15, -0.1) is 0 Å². The number of rotatable bonds is 6. The second-order valence-corrected chi connectivity index (χ2v) is 7.67. The summed E-state index contributed by atoms with van der Waals surface area (Å²) in [6, 6.07) is 11.4. The van der Waals surface area contributed by atoms with Crippen molar-refractivity contribution in [1.82, 2.24) is 19.8 Å². The van der Waals surface area contributed by atoms with Crippen LogP contribution >= 0.6 is 0 Å². The molecule has 3 rings (SSSR count). The molecule has 1 aromatic carbocycles. The average molecular weight is 353 g/mol. The summed E-state index contributed by atoms with van der Waals surface area (Å²) in [6.45, 7) is 10.6. The van der Waals surface area contributed by atoms with Crippen molar-refractivity contribution in [2.24, 2.45) is 0 Å². The minimum absolute atomic E-state index is 0.599. The fourth-order valence-corrected chi connectivity index (χ4v) is 3.80. The lowest BCUT2D eigenvalue weighted by atomic mass is 10.0. The number of likely N-dealkylation sites (N-methyl/N-ethyl adjacent to an activating group) is 1. The average Bonchev–Trinajstić information content (AvgIpc) is 2.65. The van der Waals surface area contributed by atoms with Crippen LogP contribution < -0.4 is 0 Å². The molecule has 0 aliphatic carbocycles. The lowest BCUT2D eigenvalue weighted by molar-refractivity contribution is 0.111. The standard InChI is InChI=1S/C22H32N4/c1-17-18(2)24-22(19(3)23-17)16-25(4)21-11-8-13-26(15-21)14-12-20-9-6-5-7-10-20/h5-7,9-10,21H,8,11-16H2,1-4H3/t21-/m0/s1. The third kappa shape index (κ3) is 4.89. The molecule has 0 N–H and O–H groups in total. The van der Waals surface area contributed by atoms with Crippen LogP contribution in [0.2, 0.25) is 0 Å². The summed E-state index contributed by atoms with van der Waals surface area (Å²) in [5, 5.41) is 0. The SMILES string of the molecule is Cc1nc(C)c(CN(C)[C@H]2CCCN(CCc3ccccc3)C2)nc1C. The van der Waals surface area contributed by atoms with E-state index in [2.05, 4.69) is 66.0 Å². The van der Waals surface area contributed by atoms with Gasteiger partial charge in [-0.25, -0.2) is 0 Å². The number of aryl methyl sites for hydroxylation is 3. The minimum atomic E-state index is 0.599. The molecule has 26 heavy (non-hydrogen) atoms. The van der Waals surface area contributed by atoms with Crippen molar-refractivity contribution in [3.63, 3.8) is 0 Å². The van der Waals surface area contributed by atoms with Crippen LogP contribution in [-0.4, -0.2) is 52.5 Å². The van der Waals surface area contributed by atoms with Crippen LogP contribution in [0.25, 0.3) is 0 Å². The van der Waals surface area contributed by atoms with Crippen molar-refractivity contribution in [1.29, 1.82) is 0 Å². The quantitative estimate of drug-likeness (QED) is 0.796. The van der Waals surface area contributed by atoms with Gasteiger partial charge in [0.1, 0.15) is 0 Å². The predicted octanol–water partition coefficient (Wildman–Crippen LogP) is 3.54. The van der Waals surface area contributed by atoms with Gasteiger partial charge in [-0.2, -0.15) is 0 Å². The molecule has 0 radical (unpaired) electrons. The van der Waals surface area contributed by atoms with Gasteiger partial charge in [-0.05, 0) is 59.2 Å². The summed E-state index contributed by atoms with van der Waals surface area (Å²) in [6.07, 6.45) is 3.69. The highest BCUT2D eigenvalue weighted by Crippen LogP contribution is 2.18. The van der Waals surface area contributed by atoms with Crippen molar-refractivity contribution in [2.75, 3.05) is 26.7 Å². The summed E-state index contributed by atoms with van der Waals surface area (Å²) in [7, 11) is 2.24. The monoisotopic (exact) mass is 352 g/mol. The highest BCUT2D eigenvalue weighted by molar-refractivity contribution is 5.18. The molecule has 0 saturated carbocycles. The predicted molar refractivity (Wildman–Crippen MR) is 107 cm³/mol. The molecule has 0 amide bonds. The smallest absolute Gasteiger partial charge is 0.0759 e. The second-order valence-electron chi connectivity index (χ2n) is 7.67. The van der Waals surface area contributed by atoms with E-state index < -0.39 is 0 Å². The van der Waals surface area contributed by atoms with E-state index in [0.717, 1.165) is 48.8 Å². The molecule has 1 atom stereocenters. The molecule has 0 spiro atoms. The maximum atomic E-state index is 4.78. The van der Waals surface area contributed by atoms with Crippen LogP contribution in [-0.2, 0) is 13.0 Å². The zero-order valence-electron chi connectivity index (χ0n) is 16.7. The van der Waals surface area contributed by atoms with Crippen molar-refractivity contribution in [3.05, 3.63) is 58.7 Å². The fraction of sp³-hybridized carbons (Fsp3) is 0.545. The maximum Gasteiger partial charge on any atom is 0.0759 e. The number of nitrogens with zero attached hydrogens (tertiary/aromatic N) is 4. The van der Waals surface area contributed by atoms with E-state index in [1.807, 2.05) is 6.92 Å². The van der Waals surface area contributed by atoms with E-state index in [1.165, 1.54) is 24.9 Å². The number of hydrogen-bond acceptors (Lipinski definition) is 4. The van der Waals surface area contributed by atoms with Gasteiger partial charge in [0.15, 0.2) is 0 Å². The van der Waals surface area contributed by atoms with Crippen LogP contribution in [0.1, 0.15) is 41.2 Å². The van der Waals surface area contributed by atoms with Crippen molar-refractivity contribution in [3.8, 4) is 0 Å². The lowest BCUT2D eigenvalue weighted by Crippen LogP contribution is -2.46. The Morgan fingerprint density at radius 2 is 1.77 bits per heavy atom. The third-order valence-corrected chi connectivity index (χ3v) is 5.64. The van der Waals surface area contributed by atoms with Gasteiger partial charge < -0.3 is 4.90 Å². The maximum absolute atomic E-state index is 4.78. The Kier molecular flexibility index (Phi) is 6.38. The van der Waals surface area contributed by atoms with Crippen molar-refractivity contribution in [2.45, 2.75) is 52.6 Å². The highest BCUT2D eigenvalue weighted by Gasteiger charge is 2.24. The molecule has 1 aliphatic heterocycles. The van der Waals surface area contributed by atoms with E-state index in [1.54, 1.807) is 0 Å². The van der Waals surface area contributed by atoms with Crippen LogP contribution in [0.15, 0.2) is 30.3 Å². The molecule has 1 aromatic heterocycles. The molecule has 2 aromatic rings. The van der Waals surface area contributed by atoms with E-state index in [9.17, 15) is 0 Å². The molecule has 1 saturated heterocycles. The van der Waals surface area contributed by atoms with Crippen LogP contribution in [0, 0.1) is 20.8 Å². The Hall–Kier alpha value is -1.78. The molecule has 2 heterocycles. The molecular weight excluding hydrogens is 320 g/mol. The zero-order valence-corrected chi connectivity index (χ0v) is 16.7. The van der Waals surface area contributed by atoms with Gasteiger partial charge in [0.2, 0.25) is 0 Å². The van der Waals surface area contributed by atoms with Gasteiger partial charge in [-0.1, -0.05) is 30.3 Å². The third-order valence-electron chi connectivity index (χ3n) is 5.64. The van der Waals surface area contributed by atoms with Crippen LogP contribution in [0.5, 0.6) is 0 Å². The molecule has 1 fully saturated rings. The lowest BCUT2D eigenvalue weighted by Gasteiger charge is -2.37. The van der Waals surface area contributed by atoms with Gasteiger partial charge >= 0.3 is 0 Å². The number of piperidine rings is 1. The summed E-state index contributed by atoms with van der Waals surface area (Å²) in [5.74, 6) is 0. The summed E-state index contributed by atoms with van der Waals surface area (Å²) < 4.78 is 0. The first-order valence-electron chi connectivity index (χ1n) is 9.80. The Bertz CT molecular complexity index is 714. The number of hydrogen-bond donors (Lipinski definition) is 0. The molecule has 140 valence electrons. The summed E-state index contributed by atoms with van der Waals surface area (Å²) in [4.78, 5) is 14.5. The van der Waals surface area contributed by atoms with Crippen molar-refractivity contribution >= 4 is 0 Å². The normalized spacial score (nSPS) is 18.4. The topological polar surface area (TPSA) is 32.3 Å². The van der Waals surface area contributed by atoms with Crippen LogP contribution in [0.3, 0.4) is 0 Å². The fourth-order valence-electron chi connectivity index (χ4n) is 3.80. The summed E-state index contributed by atoms with van der Waals surface area (Å²) >= 11 is 0. The molecule has 0 unspecified atom stereocenters. The minimum Gasteiger partial charge on any atom is -0.301 e. The molecule has 4 nitrogen and oxygen atoms in total. The first-order chi connectivity index (χ1) is 12.5. The molecular formula is C22H32N4. The van der Waals surface area contributed by atoms with Crippen molar-refractivity contribution < 1.29 is 0 Å². The largest absolute Gasteiger partial charge is 0.301 e. The van der Waals surface area contributed by atoms with Crippen LogP contribution in [0.4, 0.5) is 0 Å². The Labute approximate surface area is 158 Å². The van der Waals surface area contributed by atoms with Gasteiger partial charge in [0.25, 0.3) is 0 Å². The molecule has 4 heteroatoms. The first kappa shape index (κ1) is 19.0. The van der Waals surface area contributed by atoms with E-state index in [-0.39, 0.29) is 0 Å². The first-order valence-corrected chi connectivity index (χ1v) is 9.80. The summed E-state index contributed by atoms with van der Waals surface area (Å²) in [5.41, 5.74) is 5.71. The second kappa shape index (κ2) is 8.74. The van der Waals surface area contributed by atoms with Gasteiger partial charge in [-0.3, -0.25) is 14.9 Å². The van der Waals surface area contributed by atoms with E-state index >= 15 is 0 Å². The van der Waals surface area contributed by atoms with E-state index in [0.29, 0.717) is 6.04 Å². The Morgan fingerprint density at radius 1 is 1.04 bits per heavy atom. The van der Waals surface area contributed by atoms with Gasteiger partial charge in [0, 0.05) is 25.7 Å². The number of aromatic nitrogens is 2. The molecule has 0 bridgehead atoms. The molecule has 1 aliphatic rings. The Morgan fingerprint density at radius 3 is 2.54 bits per heavy atom.